The molecule has 0 saturated carbocycles. The standard InChI is InChI=1S/C17H17F3N2O/c1-12-4-2-5-13(8-12)10-22-16(23)11-21-15-7-3-6-14(9-15)17(18,19)20/h2-9,21H,10-11H2,1H3,(H,22,23). The van der Waals surface area contributed by atoms with Gasteiger partial charge in [0, 0.05) is 12.2 Å². The molecule has 0 aromatic heterocycles. The highest BCUT2D eigenvalue weighted by molar-refractivity contribution is 5.80. The van der Waals surface area contributed by atoms with E-state index in [1.165, 1.54) is 12.1 Å². The number of anilines is 1. The number of benzene rings is 2. The zero-order valence-electron chi connectivity index (χ0n) is 12.6. The molecule has 0 saturated heterocycles. The molecule has 0 aliphatic carbocycles. The Hall–Kier alpha value is -2.50. The molecule has 0 fully saturated rings. The van der Waals surface area contributed by atoms with Gasteiger partial charge in [0.1, 0.15) is 0 Å². The Morgan fingerprint density at radius 2 is 1.83 bits per heavy atom. The zero-order valence-corrected chi connectivity index (χ0v) is 12.6. The van der Waals surface area contributed by atoms with E-state index in [9.17, 15) is 18.0 Å². The van der Waals surface area contributed by atoms with Crippen LogP contribution in [0, 0.1) is 6.92 Å². The molecule has 0 aliphatic heterocycles. The van der Waals surface area contributed by atoms with E-state index >= 15 is 0 Å². The second-order valence-electron chi connectivity index (χ2n) is 5.20. The fraction of sp³-hybridized carbons (Fsp3) is 0.235. The van der Waals surface area contributed by atoms with Gasteiger partial charge in [0.2, 0.25) is 5.91 Å². The Morgan fingerprint density at radius 1 is 1.09 bits per heavy atom. The topological polar surface area (TPSA) is 41.1 Å². The van der Waals surface area contributed by atoms with Gasteiger partial charge < -0.3 is 10.6 Å². The predicted octanol–water partition coefficient (Wildman–Crippen LogP) is 3.74. The lowest BCUT2D eigenvalue weighted by molar-refractivity contribution is -0.137. The third-order valence-corrected chi connectivity index (χ3v) is 3.22. The molecule has 2 aromatic rings. The third-order valence-electron chi connectivity index (χ3n) is 3.22. The van der Waals surface area contributed by atoms with Crippen LogP contribution in [0.15, 0.2) is 48.5 Å². The van der Waals surface area contributed by atoms with Crippen molar-refractivity contribution in [3.8, 4) is 0 Å². The minimum absolute atomic E-state index is 0.0902. The van der Waals surface area contributed by atoms with E-state index in [2.05, 4.69) is 10.6 Å². The Morgan fingerprint density at radius 3 is 2.52 bits per heavy atom. The van der Waals surface area contributed by atoms with Crippen LogP contribution in [0.2, 0.25) is 0 Å². The maximum absolute atomic E-state index is 12.6. The van der Waals surface area contributed by atoms with Crippen LogP contribution in [0.1, 0.15) is 16.7 Å². The molecule has 6 heteroatoms. The molecule has 2 rings (SSSR count). The number of nitrogens with one attached hydrogen (secondary N) is 2. The highest BCUT2D eigenvalue weighted by atomic mass is 19.4. The van der Waals surface area contributed by atoms with Gasteiger partial charge in [0.15, 0.2) is 0 Å². The number of hydrogen-bond donors (Lipinski definition) is 2. The van der Waals surface area contributed by atoms with Gasteiger partial charge in [-0.2, -0.15) is 13.2 Å². The first kappa shape index (κ1) is 16.9. The summed E-state index contributed by atoms with van der Waals surface area (Å²) in [5.41, 5.74) is 1.57. The molecule has 2 aromatic carbocycles. The summed E-state index contributed by atoms with van der Waals surface area (Å²) in [5, 5.41) is 5.41. The van der Waals surface area contributed by atoms with E-state index in [4.69, 9.17) is 0 Å². The number of hydrogen-bond acceptors (Lipinski definition) is 2. The second kappa shape index (κ2) is 7.17. The minimum atomic E-state index is -4.40. The van der Waals surface area contributed by atoms with Gasteiger partial charge in [-0.15, -0.1) is 0 Å². The van der Waals surface area contributed by atoms with Gasteiger partial charge in [-0.3, -0.25) is 4.79 Å². The van der Waals surface area contributed by atoms with Crippen LogP contribution >= 0.6 is 0 Å². The molecular formula is C17H17F3N2O. The lowest BCUT2D eigenvalue weighted by atomic mass is 10.1. The molecule has 2 N–H and O–H groups in total. The Balaban J connectivity index is 1.85. The van der Waals surface area contributed by atoms with E-state index in [1.807, 2.05) is 31.2 Å². The SMILES string of the molecule is Cc1cccc(CNC(=O)CNc2cccc(C(F)(F)F)c2)c1. The largest absolute Gasteiger partial charge is 0.416 e. The average molecular weight is 322 g/mol. The van der Waals surface area contributed by atoms with Crippen molar-refractivity contribution in [2.24, 2.45) is 0 Å². The van der Waals surface area contributed by atoms with Crippen LogP contribution in [-0.2, 0) is 17.5 Å². The summed E-state index contributed by atoms with van der Waals surface area (Å²) in [6.45, 7) is 2.25. The molecule has 0 radical (unpaired) electrons. The van der Waals surface area contributed by atoms with Crippen molar-refractivity contribution >= 4 is 11.6 Å². The molecule has 0 atom stereocenters. The third kappa shape index (κ3) is 5.32. The van der Waals surface area contributed by atoms with Crippen molar-refractivity contribution in [1.82, 2.24) is 5.32 Å². The van der Waals surface area contributed by atoms with Crippen molar-refractivity contribution in [2.75, 3.05) is 11.9 Å². The number of carbonyl (C=O) groups excluding carboxylic acids is 1. The molecule has 0 bridgehead atoms. The van der Waals surface area contributed by atoms with Crippen LogP contribution in [-0.4, -0.2) is 12.5 Å². The molecule has 3 nitrogen and oxygen atoms in total. The number of aryl methyl sites for hydroxylation is 1. The summed E-state index contributed by atoms with van der Waals surface area (Å²) < 4.78 is 37.8. The summed E-state index contributed by atoms with van der Waals surface area (Å²) in [7, 11) is 0. The first-order valence-corrected chi connectivity index (χ1v) is 7.08. The summed E-state index contributed by atoms with van der Waals surface area (Å²) in [6.07, 6.45) is -4.40. The molecule has 1 amide bonds. The lowest BCUT2D eigenvalue weighted by Crippen LogP contribution is -2.29. The van der Waals surface area contributed by atoms with Crippen molar-refractivity contribution < 1.29 is 18.0 Å². The van der Waals surface area contributed by atoms with Crippen LogP contribution in [0.25, 0.3) is 0 Å². The van der Waals surface area contributed by atoms with Gasteiger partial charge in [-0.1, -0.05) is 35.9 Å². The monoisotopic (exact) mass is 322 g/mol. The first-order valence-electron chi connectivity index (χ1n) is 7.08. The van der Waals surface area contributed by atoms with Gasteiger partial charge in [0.25, 0.3) is 0 Å². The fourth-order valence-electron chi connectivity index (χ4n) is 2.07. The van der Waals surface area contributed by atoms with E-state index in [1.54, 1.807) is 0 Å². The normalized spacial score (nSPS) is 11.1. The van der Waals surface area contributed by atoms with Crippen LogP contribution in [0.3, 0.4) is 0 Å². The zero-order chi connectivity index (χ0) is 16.9. The number of halogens is 3. The molecule has 0 heterocycles. The minimum Gasteiger partial charge on any atom is -0.376 e. The predicted molar refractivity (Wildman–Crippen MR) is 83.0 cm³/mol. The maximum Gasteiger partial charge on any atom is 0.416 e. The molecule has 0 spiro atoms. The smallest absolute Gasteiger partial charge is 0.376 e. The quantitative estimate of drug-likeness (QED) is 0.880. The van der Waals surface area contributed by atoms with Gasteiger partial charge in [0.05, 0.1) is 12.1 Å². The van der Waals surface area contributed by atoms with Crippen molar-refractivity contribution in [3.63, 3.8) is 0 Å². The molecule has 0 unspecified atom stereocenters. The average Bonchev–Trinajstić information content (AvgIpc) is 2.50. The molecule has 0 aliphatic rings. The fourth-order valence-corrected chi connectivity index (χ4v) is 2.07. The number of rotatable bonds is 5. The van der Waals surface area contributed by atoms with Crippen LogP contribution in [0.4, 0.5) is 18.9 Å². The van der Waals surface area contributed by atoms with Gasteiger partial charge in [-0.05, 0) is 30.7 Å². The second-order valence-corrected chi connectivity index (χ2v) is 5.20. The highest BCUT2D eigenvalue weighted by Gasteiger charge is 2.30. The Labute approximate surface area is 132 Å². The van der Waals surface area contributed by atoms with Crippen molar-refractivity contribution in [2.45, 2.75) is 19.6 Å². The summed E-state index contributed by atoms with van der Waals surface area (Å²) in [4.78, 5) is 11.8. The van der Waals surface area contributed by atoms with Crippen molar-refractivity contribution in [1.29, 1.82) is 0 Å². The lowest BCUT2D eigenvalue weighted by Gasteiger charge is -2.11. The number of alkyl halides is 3. The van der Waals surface area contributed by atoms with E-state index in [0.29, 0.717) is 6.54 Å². The Bertz CT molecular complexity index is 684. The summed E-state index contributed by atoms with van der Waals surface area (Å²) in [5.74, 6) is -0.288. The molecule has 23 heavy (non-hydrogen) atoms. The first-order chi connectivity index (χ1) is 10.8. The maximum atomic E-state index is 12.6. The van der Waals surface area contributed by atoms with Crippen molar-refractivity contribution in [3.05, 3.63) is 65.2 Å². The van der Waals surface area contributed by atoms with Crippen LogP contribution in [0.5, 0.6) is 0 Å². The molecule has 122 valence electrons. The van der Waals surface area contributed by atoms with Gasteiger partial charge in [-0.25, -0.2) is 0 Å². The van der Waals surface area contributed by atoms with E-state index in [-0.39, 0.29) is 18.1 Å². The summed E-state index contributed by atoms with van der Waals surface area (Å²) in [6, 6.07) is 12.5. The highest BCUT2D eigenvalue weighted by Crippen LogP contribution is 2.30. The summed E-state index contributed by atoms with van der Waals surface area (Å²) >= 11 is 0. The number of carbonyl (C=O) groups is 1. The van der Waals surface area contributed by atoms with Gasteiger partial charge >= 0.3 is 6.18 Å². The number of amides is 1. The molecular weight excluding hydrogens is 305 g/mol. The van der Waals surface area contributed by atoms with E-state index in [0.717, 1.165) is 23.3 Å². The van der Waals surface area contributed by atoms with E-state index < -0.39 is 11.7 Å². The van der Waals surface area contributed by atoms with Crippen LogP contribution < -0.4 is 10.6 Å². The Kier molecular flexibility index (Phi) is 5.26.